The summed E-state index contributed by atoms with van der Waals surface area (Å²) in [6, 6.07) is 4.00. The van der Waals surface area contributed by atoms with Crippen LogP contribution in [0.15, 0.2) is 23.1 Å². The molecule has 1 saturated heterocycles. The van der Waals surface area contributed by atoms with Crippen LogP contribution < -0.4 is 5.73 Å². The molecule has 1 aromatic carbocycles. The average molecular weight is 369 g/mol. The van der Waals surface area contributed by atoms with Crippen LogP contribution in [0.1, 0.15) is 16.8 Å². The highest BCUT2D eigenvalue weighted by molar-refractivity contribution is 7.89. The predicted molar refractivity (Wildman–Crippen MR) is 86.0 cm³/mol. The summed E-state index contributed by atoms with van der Waals surface area (Å²) < 4.78 is 31.0. The van der Waals surface area contributed by atoms with Gasteiger partial charge in [0.1, 0.15) is 0 Å². The van der Waals surface area contributed by atoms with Gasteiger partial charge in [0.2, 0.25) is 10.0 Å². The van der Waals surface area contributed by atoms with Crippen LogP contribution >= 0.6 is 24.0 Å². The van der Waals surface area contributed by atoms with Crippen molar-refractivity contribution in [2.75, 3.05) is 26.7 Å². The lowest BCUT2D eigenvalue weighted by molar-refractivity contribution is 0.0601. The van der Waals surface area contributed by atoms with Crippen molar-refractivity contribution in [2.45, 2.75) is 11.3 Å². The Hall–Kier alpha value is -0.860. The smallest absolute Gasteiger partial charge is 0.339 e. The van der Waals surface area contributed by atoms with Gasteiger partial charge in [0, 0.05) is 13.1 Å². The van der Waals surface area contributed by atoms with Crippen LogP contribution in [0.4, 0.5) is 0 Å². The Morgan fingerprint density at radius 1 is 1.50 bits per heavy atom. The molecule has 0 bridgehead atoms. The summed E-state index contributed by atoms with van der Waals surface area (Å²) in [7, 11) is -2.38. The van der Waals surface area contributed by atoms with Gasteiger partial charge in [0.15, 0.2) is 0 Å². The Bertz CT molecular complexity index is 651. The van der Waals surface area contributed by atoms with E-state index in [0.717, 1.165) is 6.42 Å². The van der Waals surface area contributed by atoms with Gasteiger partial charge in [-0.05, 0) is 37.1 Å². The molecule has 1 aliphatic heterocycles. The third kappa shape index (κ3) is 3.72. The first kappa shape index (κ1) is 19.2. The molecule has 22 heavy (non-hydrogen) atoms. The van der Waals surface area contributed by atoms with Crippen molar-refractivity contribution >= 4 is 40.0 Å². The van der Waals surface area contributed by atoms with Crippen molar-refractivity contribution in [1.29, 1.82) is 0 Å². The van der Waals surface area contributed by atoms with Crippen LogP contribution in [0, 0.1) is 5.92 Å². The lowest BCUT2D eigenvalue weighted by Crippen LogP contribution is -2.30. The second-order valence-corrected chi connectivity index (χ2v) is 7.23. The highest BCUT2D eigenvalue weighted by atomic mass is 35.5. The maximum absolute atomic E-state index is 12.5. The maximum Gasteiger partial charge on any atom is 0.339 e. The third-order valence-electron chi connectivity index (χ3n) is 3.57. The molecule has 2 N–H and O–H groups in total. The summed E-state index contributed by atoms with van der Waals surface area (Å²) in [6.07, 6.45) is 0.754. The SMILES string of the molecule is COC(=O)c1ccc(S(=O)(=O)N2CCC(CN)C2)cc1Cl.Cl. The number of halogens is 2. The van der Waals surface area contributed by atoms with E-state index in [1.165, 1.54) is 29.6 Å². The number of methoxy groups -OCH3 is 1. The Morgan fingerprint density at radius 2 is 2.18 bits per heavy atom. The molecule has 9 heteroatoms. The molecule has 1 unspecified atom stereocenters. The zero-order valence-electron chi connectivity index (χ0n) is 12.0. The van der Waals surface area contributed by atoms with E-state index in [2.05, 4.69) is 4.74 Å². The Morgan fingerprint density at radius 3 is 2.68 bits per heavy atom. The number of carbonyl (C=O) groups excluding carboxylic acids is 1. The molecular formula is C13H18Cl2N2O4S. The number of rotatable bonds is 4. The summed E-state index contributed by atoms with van der Waals surface area (Å²) in [5.74, 6) is -0.419. The molecule has 0 spiro atoms. The molecular weight excluding hydrogens is 351 g/mol. The van der Waals surface area contributed by atoms with Crippen LogP contribution in [-0.4, -0.2) is 45.4 Å². The van der Waals surface area contributed by atoms with E-state index in [1.807, 2.05) is 0 Å². The van der Waals surface area contributed by atoms with E-state index in [0.29, 0.717) is 19.6 Å². The monoisotopic (exact) mass is 368 g/mol. The minimum atomic E-state index is -3.61. The summed E-state index contributed by atoms with van der Waals surface area (Å²) in [5, 5.41) is 0.0532. The maximum atomic E-state index is 12.5. The molecule has 2 rings (SSSR count). The standard InChI is InChI=1S/C13H17ClN2O4S.ClH/c1-20-13(17)11-3-2-10(6-12(11)14)21(18,19)16-5-4-9(7-15)8-16;/h2-3,6,9H,4-5,7-8,15H2,1H3;1H. The van der Waals surface area contributed by atoms with Crippen molar-refractivity contribution in [3.63, 3.8) is 0 Å². The molecule has 0 aliphatic carbocycles. The molecule has 124 valence electrons. The van der Waals surface area contributed by atoms with Crippen LogP contribution in [0.3, 0.4) is 0 Å². The first-order chi connectivity index (χ1) is 9.90. The van der Waals surface area contributed by atoms with Gasteiger partial charge in [0.05, 0.1) is 22.6 Å². The van der Waals surface area contributed by atoms with Crippen molar-refractivity contribution in [2.24, 2.45) is 11.7 Å². The molecule has 0 amide bonds. The highest BCUT2D eigenvalue weighted by Crippen LogP contribution is 2.27. The number of carbonyl (C=O) groups is 1. The number of hydrogen-bond acceptors (Lipinski definition) is 5. The lowest BCUT2D eigenvalue weighted by Gasteiger charge is -2.17. The molecule has 0 saturated carbocycles. The van der Waals surface area contributed by atoms with Crippen LogP contribution in [-0.2, 0) is 14.8 Å². The van der Waals surface area contributed by atoms with Gasteiger partial charge in [0.25, 0.3) is 0 Å². The first-order valence-electron chi connectivity index (χ1n) is 6.48. The quantitative estimate of drug-likeness (QED) is 0.813. The van der Waals surface area contributed by atoms with Crippen molar-refractivity contribution < 1.29 is 17.9 Å². The van der Waals surface area contributed by atoms with E-state index in [-0.39, 0.29) is 33.8 Å². The number of nitrogens with two attached hydrogens (primary N) is 1. The lowest BCUT2D eigenvalue weighted by atomic mass is 10.1. The number of ether oxygens (including phenoxy) is 1. The van der Waals surface area contributed by atoms with Crippen molar-refractivity contribution in [3.8, 4) is 0 Å². The second kappa shape index (κ2) is 7.61. The topological polar surface area (TPSA) is 89.7 Å². The number of sulfonamides is 1. The van der Waals surface area contributed by atoms with Gasteiger partial charge in [-0.1, -0.05) is 11.6 Å². The van der Waals surface area contributed by atoms with Gasteiger partial charge in [-0.3, -0.25) is 0 Å². The molecule has 6 nitrogen and oxygen atoms in total. The summed E-state index contributed by atoms with van der Waals surface area (Å²) >= 11 is 5.97. The third-order valence-corrected chi connectivity index (χ3v) is 5.74. The van der Waals surface area contributed by atoms with Crippen molar-refractivity contribution in [3.05, 3.63) is 28.8 Å². The molecule has 0 radical (unpaired) electrons. The molecule has 1 aliphatic rings. The van der Waals surface area contributed by atoms with Gasteiger partial charge in [-0.2, -0.15) is 4.31 Å². The number of hydrogen-bond donors (Lipinski definition) is 1. The van der Waals surface area contributed by atoms with Crippen LogP contribution in [0.2, 0.25) is 5.02 Å². The number of esters is 1. The molecule has 1 heterocycles. The normalized spacial score (nSPS) is 18.8. The fourth-order valence-corrected chi connectivity index (χ4v) is 4.17. The largest absolute Gasteiger partial charge is 0.465 e. The van der Waals surface area contributed by atoms with E-state index >= 15 is 0 Å². The molecule has 1 atom stereocenters. The fourth-order valence-electron chi connectivity index (χ4n) is 2.29. The number of nitrogens with zero attached hydrogens (tertiary/aromatic N) is 1. The Kier molecular flexibility index (Phi) is 6.64. The van der Waals surface area contributed by atoms with Crippen molar-refractivity contribution in [1.82, 2.24) is 4.31 Å². The van der Waals surface area contributed by atoms with E-state index in [1.54, 1.807) is 0 Å². The van der Waals surface area contributed by atoms with Gasteiger partial charge < -0.3 is 10.5 Å². The average Bonchev–Trinajstić information content (AvgIpc) is 2.96. The zero-order chi connectivity index (χ0) is 15.6. The summed E-state index contributed by atoms with van der Waals surface area (Å²) in [4.78, 5) is 11.5. The predicted octanol–water partition coefficient (Wildman–Crippen LogP) is 1.52. The van der Waals surface area contributed by atoms with Crippen LogP contribution in [0.25, 0.3) is 0 Å². The Labute approximate surface area is 141 Å². The molecule has 0 aromatic heterocycles. The minimum Gasteiger partial charge on any atom is -0.465 e. The van der Waals surface area contributed by atoms with E-state index in [9.17, 15) is 13.2 Å². The Balaban J connectivity index is 0.00000242. The van der Waals surface area contributed by atoms with E-state index in [4.69, 9.17) is 17.3 Å². The van der Waals surface area contributed by atoms with Gasteiger partial charge >= 0.3 is 5.97 Å². The summed E-state index contributed by atoms with van der Waals surface area (Å²) in [5.41, 5.74) is 5.71. The zero-order valence-corrected chi connectivity index (χ0v) is 14.4. The van der Waals surface area contributed by atoms with Gasteiger partial charge in [-0.25, -0.2) is 13.2 Å². The fraction of sp³-hybridized carbons (Fsp3) is 0.462. The summed E-state index contributed by atoms with van der Waals surface area (Å²) in [6.45, 7) is 1.32. The highest BCUT2D eigenvalue weighted by Gasteiger charge is 2.32. The molecule has 1 fully saturated rings. The van der Waals surface area contributed by atoms with Crippen LogP contribution in [0.5, 0.6) is 0 Å². The minimum absolute atomic E-state index is 0. The number of benzene rings is 1. The molecule has 1 aromatic rings. The van der Waals surface area contributed by atoms with Gasteiger partial charge in [-0.15, -0.1) is 12.4 Å². The van der Waals surface area contributed by atoms with E-state index < -0.39 is 16.0 Å². The second-order valence-electron chi connectivity index (χ2n) is 4.89. The first-order valence-corrected chi connectivity index (χ1v) is 8.30.